The van der Waals surface area contributed by atoms with Gasteiger partial charge in [-0.15, -0.1) is 0 Å². The van der Waals surface area contributed by atoms with E-state index in [4.69, 9.17) is 14.2 Å². The molecule has 0 fully saturated rings. The molecule has 0 saturated carbocycles. The quantitative estimate of drug-likeness (QED) is 0.683. The molecule has 1 unspecified atom stereocenters. The third-order valence-corrected chi connectivity index (χ3v) is 2.70. The minimum atomic E-state index is -0.651. The van der Waals surface area contributed by atoms with Gasteiger partial charge in [0.1, 0.15) is 12.7 Å². The first-order chi connectivity index (χ1) is 9.72. The second-order valence-corrected chi connectivity index (χ2v) is 4.38. The number of methoxy groups -OCH3 is 1. The number of nitrogens with one attached hydrogen (secondary N) is 1. The fraction of sp³-hybridized carbons (Fsp3) is 0.600. The van der Waals surface area contributed by atoms with Gasteiger partial charge < -0.3 is 24.6 Å². The normalized spacial score (nSPS) is 12.2. The van der Waals surface area contributed by atoms with Crippen molar-refractivity contribution in [2.45, 2.75) is 26.5 Å². The van der Waals surface area contributed by atoms with Crippen LogP contribution in [0.15, 0.2) is 18.2 Å². The Balaban J connectivity index is 2.80. The highest BCUT2D eigenvalue weighted by atomic mass is 16.5. The fourth-order valence-electron chi connectivity index (χ4n) is 1.81. The minimum Gasteiger partial charge on any atom is -0.490 e. The first kappa shape index (κ1) is 16.8. The lowest BCUT2D eigenvalue weighted by Gasteiger charge is -2.18. The monoisotopic (exact) mass is 283 g/mol. The van der Waals surface area contributed by atoms with E-state index in [2.05, 4.69) is 12.2 Å². The van der Waals surface area contributed by atoms with Crippen molar-refractivity contribution >= 4 is 0 Å². The maximum atomic E-state index is 9.69. The van der Waals surface area contributed by atoms with E-state index in [0.29, 0.717) is 24.7 Å². The molecule has 114 valence electrons. The maximum absolute atomic E-state index is 9.69. The Morgan fingerprint density at radius 3 is 2.65 bits per heavy atom. The molecule has 0 spiro atoms. The van der Waals surface area contributed by atoms with Crippen molar-refractivity contribution < 1.29 is 19.3 Å². The Hall–Kier alpha value is -1.30. The van der Waals surface area contributed by atoms with E-state index >= 15 is 0 Å². The molecule has 0 saturated heterocycles. The van der Waals surface area contributed by atoms with E-state index in [1.807, 2.05) is 25.1 Å². The lowest BCUT2D eigenvalue weighted by molar-refractivity contribution is 0.0315. The Bertz CT molecular complexity index is 384. The molecule has 0 amide bonds. The van der Waals surface area contributed by atoms with Crippen LogP contribution in [-0.4, -0.2) is 44.7 Å². The standard InChI is InChI=1S/C15H25NO4/c1-4-16-9-12-7-6-8-14(19-5-2)15(12)20-11-13(17)10-18-3/h6-8,13,16-17H,4-5,9-11H2,1-3H3. The summed E-state index contributed by atoms with van der Waals surface area (Å²) >= 11 is 0. The molecular weight excluding hydrogens is 258 g/mol. The second-order valence-electron chi connectivity index (χ2n) is 4.38. The lowest BCUT2D eigenvalue weighted by atomic mass is 10.2. The lowest BCUT2D eigenvalue weighted by Crippen LogP contribution is -2.23. The van der Waals surface area contributed by atoms with Gasteiger partial charge in [0.15, 0.2) is 11.5 Å². The number of para-hydroxylation sites is 1. The Labute approximate surface area is 120 Å². The van der Waals surface area contributed by atoms with Crippen molar-refractivity contribution in [3.8, 4) is 11.5 Å². The van der Waals surface area contributed by atoms with Crippen molar-refractivity contribution in [2.24, 2.45) is 0 Å². The van der Waals surface area contributed by atoms with Gasteiger partial charge in [-0.05, 0) is 19.5 Å². The van der Waals surface area contributed by atoms with Gasteiger partial charge in [0.2, 0.25) is 0 Å². The molecular formula is C15H25NO4. The van der Waals surface area contributed by atoms with Crippen LogP contribution >= 0.6 is 0 Å². The third kappa shape index (κ3) is 5.36. The molecule has 0 aliphatic carbocycles. The summed E-state index contributed by atoms with van der Waals surface area (Å²) in [6, 6.07) is 5.80. The highest BCUT2D eigenvalue weighted by Crippen LogP contribution is 2.31. The summed E-state index contributed by atoms with van der Waals surface area (Å²) in [4.78, 5) is 0. The Kier molecular flexibility index (Phi) is 8.02. The highest BCUT2D eigenvalue weighted by Gasteiger charge is 2.13. The zero-order valence-corrected chi connectivity index (χ0v) is 12.5. The predicted molar refractivity (Wildman–Crippen MR) is 78.4 cm³/mol. The molecule has 1 aromatic rings. The summed E-state index contributed by atoms with van der Waals surface area (Å²) in [6.07, 6.45) is -0.651. The van der Waals surface area contributed by atoms with Crippen LogP contribution in [0.5, 0.6) is 11.5 Å². The van der Waals surface area contributed by atoms with E-state index in [1.165, 1.54) is 0 Å². The average molecular weight is 283 g/mol. The van der Waals surface area contributed by atoms with Crippen LogP contribution in [0, 0.1) is 0 Å². The van der Waals surface area contributed by atoms with Gasteiger partial charge in [-0.1, -0.05) is 19.1 Å². The van der Waals surface area contributed by atoms with E-state index in [0.717, 1.165) is 12.1 Å². The van der Waals surface area contributed by atoms with Crippen LogP contribution < -0.4 is 14.8 Å². The number of hydrogen-bond donors (Lipinski definition) is 2. The molecule has 1 aromatic carbocycles. The van der Waals surface area contributed by atoms with Crippen molar-refractivity contribution in [1.82, 2.24) is 5.32 Å². The van der Waals surface area contributed by atoms with Crippen molar-refractivity contribution in [3.63, 3.8) is 0 Å². The van der Waals surface area contributed by atoms with Crippen LogP contribution in [-0.2, 0) is 11.3 Å². The van der Waals surface area contributed by atoms with Gasteiger partial charge in [0, 0.05) is 19.2 Å². The molecule has 1 rings (SSSR count). The number of aliphatic hydroxyl groups is 1. The van der Waals surface area contributed by atoms with Crippen LogP contribution in [0.1, 0.15) is 19.4 Å². The number of hydrogen-bond acceptors (Lipinski definition) is 5. The largest absolute Gasteiger partial charge is 0.490 e. The minimum absolute atomic E-state index is 0.178. The molecule has 0 radical (unpaired) electrons. The van der Waals surface area contributed by atoms with Gasteiger partial charge in [0.25, 0.3) is 0 Å². The second kappa shape index (κ2) is 9.58. The van der Waals surface area contributed by atoms with Crippen LogP contribution in [0.2, 0.25) is 0 Å². The molecule has 2 N–H and O–H groups in total. The van der Waals surface area contributed by atoms with Gasteiger partial charge in [0.05, 0.1) is 13.2 Å². The summed E-state index contributed by atoms with van der Waals surface area (Å²) in [5.41, 5.74) is 1.02. The van der Waals surface area contributed by atoms with E-state index in [1.54, 1.807) is 7.11 Å². The van der Waals surface area contributed by atoms with Gasteiger partial charge in [-0.2, -0.15) is 0 Å². The molecule has 0 bridgehead atoms. The van der Waals surface area contributed by atoms with Crippen LogP contribution in [0.4, 0.5) is 0 Å². The first-order valence-electron chi connectivity index (χ1n) is 6.98. The molecule has 5 heteroatoms. The molecule has 1 atom stereocenters. The SMILES string of the molecule is CCNCc1cccc(OCC)c1OCC(O)COC. The summed E-state index contributed by atoms with van der Waals surface area (Å²) in [5.74, 6) is 1.39. The third-order valence-electron chi connectivity index (χ3n) is 2.70. The Morgan fingerprint density at radius 1 is 1.20 bits per heavy atom. The number of benzene rings is 1. The van der Waals surface area contributed by atoms with Gasteiger partial charge >= 0.3 is 0 Å². The van der Waals surface area contributed by atoms with Gasteiger partial charge in [-0.3, -0.25) is 0 Å². The fourth-order valence-corrected chi connectivity index (χ4v) is 1.81. The topological polar surface area (TPSA) is 60.0 Å². The van der Waals surface area contributed by atoms with E-state index < -0.39 is 6.10 Å². The molecule has 0 heterocycles. The zero-order valence-electron chi connectivity index (χ0n) is 12.5. The average Bonchev–Trinajstić information content (AvgIpc) is 2.44. The number of ether oxygens (including phenoxy) is 3. The van der Waals surface area contributed by atoms with Crippen molar-refractivity contribution in [2.75, 3.05) is 33.5 Å². The molecule has 20 heavy (non-hydrogen) atoms. The molecule has 5 nitrogen and oxygen atoms in total. The molecule has 0 aliphatic heterocycles. The first-order valence-corrected chi connectivity index (χ1v) is 6.98. The number of rotatable bonds is 10. The molecule has 0 aliphatic rings. The number of aliphatic hydroxyl groups excluding tert-OH is 1. The summed E-state index contributed by atoms with van der Waals surface area (Å²) in [6.45, 7) is 6.56. The highest BCUT2D eigenvalue weighted by molar-refractivity contribution is 5.46. The zero-order chi connectivity index (χ0) is 14.8. The van der Waals surface area contributed by atoms with Gasteiger partial charge in [-0.25, -0.2) is 0 Å². The van der Waals surface area contributed by atoms with E-state index in [-0.39, 0.29) is 13.2 Å². The van der Waals surface area contributed by atoms with Crippen molar-refractivity contribution in [1.29, 1.82) is 0 Å². The van der Waals surface area contributed by atoms with Crippen LogP contribution in [0.3, 0.4) is 0 Å². The van der Waals surface area contributed by atoms with Crippen molar-refractivity contribution in [3.05, 3.63) is 23.8 Å². The predicted octanol–water partition coefficient (Wildman–Crippen LogP) is 1.58. The molecule has 0 aromatic heterocycles. The Morgan fingerprint density at radius 2 is 2.00 bits per heavy atom. The van der Waals surface area contributed by atoms with Crippen LogP contribution in [0.25, 0.3) is 0 Å². The smallest absolute Gasteiger partial charge is 0.165 e. The maximum Gasteiger partial charge on any atom is 0.165 e. The summed E-state index contributed by atoms with van der Waals surface area (Å²) in [5, 5.41) is 13.0. The summed E-state index contributed by atoms with van der Waals surface area (Å²) < 4.78 is 16.2. The summed E-state index contributed by atoms with van der Waals surface area (Å²) in [7, 11) is 1.55. The van der Waals surface area contributed by atoms with E-state index in [9.17, 15) is 5.11 Å².